The van der Waals surface area contributed by atoms with Gasteiger partial charge in [-0.15, -0.1) is 0 Å². The molecule has 2 rings (SSSR count). The summed E-state index contributed by atoms with van der Waals surface area (Å²) in [5.41, 5.74) is 1.47. The van der Waals surface area contributed by atoms with Gasteiger partial charge in [0.15, 0.2) is 0 Å². The van der Waals surface area contributed by atoms with E-state index in [4.69, 9.17) is 21.6 Å². The molecule has 0 amide bonds. The lowest BCUT2D eigenvalue weighted by Crippen LogP contribution is -1.98. The Hall–Kier alpha value is -2.09. The smallest absolute Gasteiger partial charge is 0.138 e. The molecule has 108 valence electrons. The second kappa shape index (κ2) is 6.57. The third-order valence-corrected chi connectivity index (χ3v) is 3.21. The van der Waals surface area contributed by atoms with Gasteiger partial charge in [-0.3, -0.25) is 0 Å². The standard InChI is InChI=1S/C16H13ClFNO2/c1-10(20)13-2-3-16(15(17)7-13)21-9-12-4-11(8-19)5-14(18)6-12/h2-7,10,20H,9H2,1H3/t10-/m1/s1. The molecule has 0 saturated carbocycles. The van der Waals surface area contributed by atoms with Crippen LogP contribution in [0.15, 0.2) is 36.4 Å². The predicted molar refractivity (Wildman–Crippen MR) is 77.5 cm³/mol. The highest BCUT2D eigenvalue weighted by molar-refractivity contribution is 6.32. The van der Waals surface area contributed by atoms with Gasteiger partial charge in [0.25, 0.3) is 0 Å². The lowest BCUT2D eigenvalue weighted by atomic mass is 10.1. The number of hydrogen-bond donors (Lipinski definition) is 1. The Morgan fingerprint density at radius 2 is 2.10 bits per heavy atom. The fourth-order valence-corrected chi connectivity index (χ4v) is 2.10. The maximum atomic E-state index is 13.3. The Kier molecular flexibility index (Phi) is 4.79. The molecule has 0 radical (unpaired) electrons. The minimum atomic E-state index is -0.613. The van der Waals surface area contributed by atoms with Crippen molar-refractivity contribution >= 4 is 11.6 Å². The monoisotopic (exact) mass is 305 g/mol. The number of benzene rings is 2. The zero-order valence-corrected chi connectivity index (χ0v) is 12.1. The summed E-state index contributed by atoms with van der Waals surface area (Å²) < 4.78 is 18.8. The number of nitriles is 1. The first-order chi connectivity index (χ1) is 9.99. The van der Waals surface area contributed by atoms with E-state index in [0.717, 1.165) is 6.07 Å². The molecule has 0 aliphatic carbocycles. The minimum Gasteiger partial charge on any atom is -0.487 e. The summed E-state index contributed by atoms with van der Waals surface area (Å²) in [6.45, 7) is 1.74. The van der Waals surface area contributed by atoms with Crippen molar-refractivity contribution in [2.75, 3.05) is 0 Å². The van der Waals surface area contributed by atoms with Crippen molar-refractivity contribution in [1.29, 1.82) is 5.26 Å². The fraction of sp³-hybridized carbons (Fsp3) is 0.188. The average Bonchev–Trinajstić information content (AvgIpc) is 2.45. The van der Waals surface area contributed by atoms with E-state index in [1.54, 1.807) is 31.2 Å². The third kappa shape index (κ3) is 3.94. The Bertz CT molecular complexity index is 695. The van der Waals surface area contributed by atoms with Crippen LogP contribution in [0.3, 0.4) is 0 Å². The van der Waals surface area contributed by atoms with Crippen LogP contribution in [0.5, 0.6) is 5.75 Å². The zero-order valence-electron chi connectivity index (χ0n) is 11.3. The molecule has 0 spiro atoms. The Balaban J connectivity index is 2.13. The number of ether oxygens (including phenoxy) is 1. The SMILES string of the molecule is C[C@@H](O)c1ccc(OCc2cc(F)cc(C#N)c2)c(Cl)c1. The van der Waals surface area contributed by atoms with E-state index in [0.29, 0.717) is 21.9 Å². The summed E-state index contributed by atoms with van der Waals surface area (Å²) in [4.78, 5) is 0. The van der Waals surface area contributed by atoms with Crippen LogP contribution in [0.1, 0.15) is 29.7 Å². The summed E-state index contributed by atoms with van der Waals surface area (Å²) in [6, 6.07) is 10.9. The van der Waals surface area contributed by atoms with Crippen molar-refractivity contribution in [3.8, 4) is 11.8 Å². The number of aliphatic hydroxyl groups is 1. The topological polar surface area (TPSA) is 53.2 Å². The van der Waals surface area contributed by atoms with Gasteiger partial charge in [-0.05, 0) is 48.4 Å². The first kappa shape index (κ1) is 15.3. The summed E-state index contributed by atoms with van der Waals surface area (Å²) in [5.74, 6) is -0.0490. The Labute approximate surface area is 127 Å². The summed E-state index contributed by atoms with van der Waals surface area (Å²) in [6.07, 6.45) is -0.613. The molecule has 2 aromatic rings. The van der Waals surface area contributed by atoms with Crippen molar-refractivity contribution in [2.24, 2.45) is 0 Å². The maximum absolute atomic E-state index is 13.3. The molecular weight excluding hydrogens is 293 g/mol. The molecule has 1 atom stereocenters. The van der Waals surface area contributed by atoms with Crippen LogP contribution in [-0.4, -0.2) is 5.11 Å². The molecule has 2 aromatic carbocycles. The number of aliphatic hydroxyl groups excluding tert-OH is 1. The average molecular weight is 306 g/mol. The van der Waals surface area contributed by atoms with Crippen molar-refractivity contribution < 1.29 is 14.2 Å². The molecule has 0 aromatic heterocycles. The normalized spacial score (nSPS) is 11.8. The van der Waals surface area contributed by atoms with Gasteiger partial charge in [0.05, 0.1) is 22.8 Å². The van der Waals surface area contributed by atoms with Crippen molar-refractivity contribution in [1.82, 2.24) is 0 Å². The van der Waals surface area contributed by atoms with Crippen molar-refractivity contribution in [2.45, 2.75) is 19.6 Å². The Morgan fingerprint density at radius 3 is 2.71 bits per heavy atom. The van der Waals surface area contributed by atoms with E-state index in [-0.39, 0.29) is 12.2 Å². The van der Waals surface area contributed by atoms with Crippen LogP contribution in [0.25, 0.3) is 0 Å². The molecule has 0 aliphatic rings. The second-order valence-corrected chi connectivity index (χ2v) is 5.02. The van der Waals surface area contributed by atoms with E-state index < -0.39 is 11.9 Å². The second-order valence-electron chi connectivity index (χ2n) is 4.61. The fourth-order valence-electron chi connectivity index (χ4n) is 1.85. The van der Waals surface area contributed by atoms with Crippen LogP contribution in [0.2, 0.25) is 5.02 Å². The maximum Gasteiger partial charge on any atom is 0.138 e. The van der Waals surface area contributed by atoms with Gasteiger partial charge in [-0.25, -0.2) is 4.39 Å². The van der Waals surface area contributed by atoms with Gasteiger partial charge in [0.1, 0.15) is 18.2 Å². The van der Waals surface area contributed by atoms with Crippen LogP contribution in [0.4, 0.5) is 4.39 Å². The number of rotatable bonds is 4. The Morgan fingerprint density at radius 1 is 1.33 bits per heavy atom. The van der Waals surface area contributed by atoms with E-state index in [9.17, 15) is 9.50 Å². The van der Waals surface area contributed by atoms with Gasteiger partial charge in [-0.2, -0.15) is 5.26 Å². The van der Waals surface area contributed by atoms with Crippen molar-refractivity contribution in [3.63, 3.8) is 0 Å². The highest BCUT2D eigenvalue weighted by atomic mass is 35.5. The molecule has 21 heavy (non-hydrogen) atoms. The lowest BCUT2D eigenvalue weighted by Gasteiger charge is -2.11. The molecule has 5 heteroatoms. The van der Waals surface area contributed by atoms with Gasteiger partial charge in [-0.1, -0.05) is 17.7 Å². The van der Waals surface area contributed by atoms with E-state index in [1.165, 1.54) is 6.07 Å². The van der Waals surface area contributed by atoms with Crippen LogP contribution >= 0.6 is 11.6 Å². The van der Waals surface area contributed by atoms with Crippen LogP contribution in [0, 0.1) is 17.1 Å². The van der Waals surface area contributed by atoms with E-state index in [2.05, 4.69) is 0 Å². The first-order valence-corrected chi connectivity index (χ1v) is 6.67. The summed E-state index contributed by atoms with van der Waals surface area (Å²) in [7, 11) is 0. The van der Waals surface area contributed by atoms with Gasteiger partial charge in [0.2, 0.25) is 0 Å². The van der Waals surface area contributed by atoms with Crippen molar-refractivity contribution in [3.05, 3.63) is 63.9 Å². The molecule has 3 nitrogen and oxygen atoms in total. The minimum absolute atomic E-state index is 0.0974. The lowest BCUT2D eigenvalue weighted by molar-refractivity contribution is 0.199. The number of hydrogen-bond acceptors (Lipinski definition) is 3. The summed E-state index contributed by atoms with van der Waals surface area (Å²) in [5, 5.41) is 18.6. The summed E-state index contributed by atoms with van der Waals surface area (Å²) >= 11 is 6.07. The molecule has 0 bridgehead atoms. The molecule has 0 unspecified atom stereocenters. The number of halogens is 2. The predicted octanol–water partition coefficient (Wildman–Crippen LogP) is 3.98. The largest absolute Gasteiger partial charge is 0.487 e. The molecule has 1 N–H and O–H groups in total. The zero-order chi connectivity index (χ0) is 15.4. The molecule has 0 fully saturated rings. The highest BCUT2D eigenvalue weighted by Gasteiger charge is 2.08. The van der Waals surface area contributed by atoms with E-state index in [1.807, 2.05) is 6.07 Å². The molecule has 0 saturated heterocycles. The van der Waals surface area contributed by atoms with E-state index >= 15 is 0 Å². The third-order valence-electron chi connectivity index (χ3n) is 2.92. The number of nitrogens with zero attached hydrogens (tertiary/aromatic N) is 1. The first-order valence-electron chi connectivity index (χ1n) is 6.29. The highest BCUT2D eigenvalue weighted by Crippen LogP contribution is 2.28. The quantitative estimate of drug-likeness (QED) is 0.929. The van der Waals surface area contributed by atoms with Gasteiger partial charge >= 0.3 is 0 Å². The van der Waals surface area contributed by atoms with Crippen LogP contribution in [-0.2, 0) is 6.61 Å². The van der Waals surface area contributed by atoms with Crippen LogP contribution < -0.4 is 4.74 Å². The molecule has 0 aliphatic heterocycles. The molecular formula is C16H13ClFNO2. The van der Waals surface area contributed by atoms with Gasteiger partial charge < -0.3 is 9.84 Å². The molecule has 0 heterocycles. The van der Waals surface area contributed by atoms with Gasteiger partial charge in [0, 0.05) is 0 Å².